The number of amides is 1. The van der Waals surface area contributed by atoms with Gasteiger partial charge in [0, 0.05) is 12.1 Å². The highest BCUT2D eigenvalue weighted by molar-refractivity contribution is 7.16. The van der Waals surface area contributed by atoms with E-state index < -0.39 is 0 Å². The maximum absolute atomic E-state index is 12.3. The molecule has 0 aliphatic heterocycles. The Hall–Kier alpha value is -2.99. The first kappa shape index (κ1) is 16.9. The SMILES string of the molecule is COC(=O)c1ccc(CNC(=O)c2cnc(-c3ccccc3)s2)cc1. The molecule has 0 radical (unpaired) electrons. The molecule has 25 heavy (non-hydrogen) atoms. The van der Waals surface area contributed by atoms with Crippen LogP contribution in [-0.4, -0.2) is 24.0 Å². The van der Waals surface area contributed by atoms with Crippen LogP contribution in [0.15, 0.2) is 60.8 Å². The topological polar surface area (TPSA) is 68.3 Å². The lowest BCUT2D eigenvalue weighted by atomic mass is 10.1. The normalized spacial score (nSPS) is 10.3. The molecule has 3 rings (SSSR count). The Morgan fingerprint density at radius 1 is 1.08 bits per heavy atom. The second-order valence-corrected chi connectivity index (χ2v) is 6.30. The lowest BCUT2D eigenvalue weighted by molar-refractivity contribution is 0.0600. The van der Waals surface area contributed by atoms with Gasteiger partial charge in [0.1, 0.15) is 9.88 Å². The molecule has 1 amide bonds. The van der Waals surface area contributed by atoms with Crippen molar-refractivity contribution in [2.45, 2.75) is 6.54 Å². The molecule has 0 saturated heterocycles. The van der Waals surface area contributed by atoms with E-state index in [-0.39, 0.29) is 11.9 Å². The van der Waals surface area contributed by atoms with Crippen LogP contribution in [0.4, 0.5) is 0 Å². The monoisotopic (exact) mass is 352 g/mol. The van der Waals surface area contributed by atoms with Gasteiger partial charge in [0.05, 0.1) is 18.9 Å². The molecule has 2 aromatic carbocycles. The maximum Gasteiger partial charge on any atom is 0.337 e. The Morgan fingerprint density at radius 2 is 1.80 bits per heavy atom. The van der Waals surface area contributed by atoms with Crippen LogP contribution >= 0.6 is 11.3 Å². The molecule has 5 nitrogen and oxygen atoms in total. The van der Waals surface area contributed by atoms with Crippen molar-refractivity contribution in [3.05, 3.63) is 76.8 Å². The van der Waals surface area contributed by atoms with Crippen molar-refractivity contribution in [2.24, 2.45) is 0 Å². The van der Waals surface area contributed by atoms with Crippen LogP contribution < -0.4 is 5.32 Å². The zero-order chi connectivity index (χ0) is 17.6. The molecule has 0 unspecified atom stereocenters. The predicted molar refractivity (Wildman–Crippen MR) is 96.5 cm³/mol. The van der Waals surface area contributed by atoms with Gasteiger partial charge < -0.3 is 10.1 Å². The highest BCUT2D eigenvalue weighted by Crippen LogP contribution is 2.24. The molecule has 6 heteroatoms. The van der Waals surface area contributed by atoms with Gasteiger partial charge in [0.15, 0.2) is 0 Å². The van der Waals surface area contributed by atoms with Gasteiger partial charge >= 0.3 is 5.97 Å². The van der Waals surface area contributed by atoms with Gasteiger partial charge in [-0.2, -0.15) is 0 Å². The summed E-state index contributed by atoms with van der Waals surface area (Å²) in [5, 5.41) is 3.67. The summed E-state index contributed by atoms with van der Waals surface area (Å²) in [7, 11) is 1.34. The van der Waals surface area contributed by atoms with Crippen LogP contribution in [0.1, 0.15) is 25.6 Å². The number of benzene rings is 2. The number of hydrogen-bond donors (Lipinski definition) is 1. The van der Waals surface area contributed by atoms with Crippen molar-refractivity contribution in [1.82, 2.24) is 10.3 Å². The first-order chi connectivity index (χ1) is 12.2. The number of thiazole rings is 1. The van der Waals surface area contributed by atoms with E-state index in [9.17, 15) is 9.59 Å². The molecule has 0 bridgehead atoms. The van der Waals surface area contributed by atoms with Gasteiger partial charge in [-0.25, -0.2) is 9.78 Å². The Balaban J connectivity index is 1.61. The third kappa shape index (κ3) is 4.10. The number of carbonyl (C=O) groups is 2. The quantitative estimate of drug-likeness (QED) is 0.713. The van der Waals surface area contributed by atoms with Gasteiger partial charge in [-0.05, 0) is 17.7 Å². The molecule has 0 aliphatic rings. The molecule has 0 saturated carbocycles. The Kier molecular flexibility index (Phi) is 5.20. The van der Waals surface area contributed by atoms with Crippen molar-refractivity contribution < 1.29 is 14.3 Å². The summed E-state index contributed by atoms with van der Waals surface area (Å²) in [6, 6.07) is 16.7. The zero-order valence-electron chi connectivity index (χ0n) is 13.6. The van der Waals surface area contributed by atoms with Crippen LogP contribution in [-0.2, 0) is 11.3 Å². The lowest BCUT2D eigenvalue weighted by Crippen LogP contribution is -2.21. The van der Waals surface area contributed by atoms with Crippen LogP contribution in [0.3, 0.4) is 0 Å². The summed E-state index contributed by atoms with van der Waals surface area (Å²) < 4.78 is 4.66. The number of rotatable bonds is 5. The lowest BCUT2D eigenvalue weighted by Gasteiger charge is -2.05. The fraction of sp³-hybridized carbons (Fsp3) is 0.105. The number of nitrogens with zero attached hydrogens (tertiary/aromatic N) is 1. The van der Waals surface area contributed by atoms with Gasteiger partial charge in [-0.3, -0.25) is 4.79 Å². The van der Waals surface area contributed by atoms with Crippen LogP contribution in [0.5, 0.6) is 0 Å². The number of nitrogens with one attached hydrogen (secondary N) is 1. The number of ether oxygens (including phenoxy) is 1. The molecular formula is C19H16N2O3S. The molecule has 0 spiro atoms. The minimum atomic E-state index is -0.381. The van der Waals surface area contributed by atoms with Crippen molar-refractivity contribution in [2.75, 3.05) is 7.11 Å². The summed E-state index contributed by atoms with van der Waals surface area (Å²) in [5.41, 5.74) is 2.37. The molecule has 126 valence electrons. The summed E-state index contributed by atoms with van der Waals surface area (Å²) >= 11 is 1.35. The van der Waals surface area contributed by atoms with Gasteiger partial charge in [-0.1, -0.05) is 42.5 Å². The number of aromatic nitrogens is 1. The van der Waals surface area contributed by atoms with E-state index in [0.29, 0.717) is 17.0 Å². The Bertz CT molecular complexity index is 873. The summed E-state index contributed by atoms with van der Waals surface area (Å²) in [5.74, 6) is -0.551. The first-order valence-corrected chi connectivity index (χ1v) is 8.46. The van der Waals surface area contributed by atoms with Gasteiger partial charge in [-0.15, -0.1) is 11.3 Å². The largest absolute Gasteiger partial charge is 0.465 e. The van der Waals surface area contributed by atoms with E-state index >= 15 is 0 Å². The average molecular weight is 352 g/mol. The average Bonchev–Trinajstić information content (AvgIpc) is 3.17. The molecule has 0 atom stereocenters. The van der Waals surface area contributed by atoms with Gasteiger partial charge in [0.25, 0.3) is 5.91 Å². The molecule has 0 aliphatic carbocycles. The van der Waals surface area contributed by atoms with E-state index in [1.807, 2.05) is 30.3 Å². The summed E-state index contributed by atoms with van der Waals surface area (Å²) in [6.07, 6.45) is 1.59. The third-order valence-corrected chi connectivity index (χ3v) is 4.62. The standard InChI is InChI=1S/C19H16N2O3S/c1-24-19(23)15-9-7-13(8-10-15)11-20-17(22)16-12-21-18(25-16)14-5-3-2-4-6-14/h2-10,12H,11H2,1H3,(H,20,22). The smallest absolute Gasteiger partial charge is 0.337 e. The fourth-order valence-electron chi connectivity index (χ4n) is 2.24. The molecule has 1 heterocycles. The van der Waals surface area contributed by atoms with E-state index in [1.165, 1.54) is 18.4 Å². The Morgan fingerprint density at radius 3 is 2.48 bits per heavy atom. The van der Waals surface area contributed by atoms with Crippen LogP contribution in [0, 0.1) is 0 Å². The number of esters is 1. The highest BCUT2D eigenvalue weighted by Gasteiger charge is 2.11. The Labute approximate surface area is 149 Å². The highest BCUT2D eigenvalue weighted by atomic mass is 32.1. The summed E-state index contributed by atoms with van der Waals surface area (Å²) in [6.45, 7) is 0.374. The van der Waals surface area contributed by atoms with E-state index in [1.54, 1.807) is 30.5 Å². The molecule has 3 aromatic rings. The molecule has 1 aromatic heterocycles. The van der Waals surface area contributed by atoms with Gasteiger partial charge in [0.2, 0.25) is 0 Å². The van der Waals surface area contributed by atoms with Crippen molar-refractivity contribution in [1.29, 1.82) is 0 Å². The molecule has 0 fully saturated rings. The second kappa shape index (κ2) is 7.72. The zero-order valence-corrected chi connectivity index (χ0v) is 14.4. The molecule has 1 N–H and O–H groups in total. The van der Waals surface area contributed by atoms with Crippen molar-refractivity contribution in [3.63, 3.8) is 0 Å². The minimum absolute atomic E-state index is 0.170. The number of carbonyl (C=O) groups excluding carboxylic acids is 2. The fourth-order valence-corrected chi connectivity index (χ4v) is 3.08. The third-order valence-electron chi connectivity index (χ3n) is 3.58. The first-order valence-electron chi connectivity index (χ1n) is 7.64. The second-order valence-electron chi connectivity index (χ2n) is 5.27. The van der Waals surface area contributed by atoms with Crippen LogP contribution in [0.2, 0.25) is 0 Å². The van der Waals surface area contributed by atoms with E-state index in [2.05, 4.69) is 15.0 Å². The number of methoxy groups -OCH3 is 1. The van der Waals surface area contributed by atoms with Crippen molar-refractivity contribution in [3.8, 4) is 10.6 Å². The maximum atomic E-state index is 12.3. The van der Waals surface area contributed by atoms with Crippen LogP contribution in [0.25, 0.3) is 10.6 Å². The minimum Gasteiger partial charge on any atom is -0.465 e. The molecular weight excluding hydrogens is 336 g/mol. The number of hydrogen-bond acceptors (Lipinski definition) is 5. The summed E-state index contributed by atoms with van der Waals surface area (Å²) in [4.78, 5) is 28.5. The van der Waals surface area contributed by atoms with E-state index in [4.69, 9.17) is 0 Å². The van der Waals surface area contributed by atoms with E-state index in [0.717, 1.165) is 16.1 Å². The predicted octanol–water partition coefficient (Wildman–Crippen LogP) is 3.53. The van der Waals surface area contributed by atoms with Crippen molar-refractivity contribution >= 4 is 23.2 Å².